The number of hydrogen-bond acceptors (Lipinski definition) is 4. The Balaban J connectivity index is 1.43. The van der Waals surface area contributed by atoms with Crippen LogP contribution in [0.5, 0.6) is 0 Å². The molecular weight excluding hydrogens is 404 g/mol. The topological polar surface area (TPSA) is 90.9 Å². The fourth-order valence-electron chi connectivity index (χ4n) is 3.71. The van der Waals surface area contributed by atoms with Crippen molar-refractivity contribution in [3.63, 3.8) is 0 Å². The quantitative estimate of drug-likeness (QED) is 0.625. The summed E-state index contributed by atoms with van der Waals surface area (Å²) >= 11 is 0. The molecule has 0 saturated carbocycles. The third kappa shape index (κ3) is 4.51. The molecule has 0 aliphatic carbocycles. The molecule has 3 amide bonds. The first kappa shape index (κ1) is 21.2. The fourth-order valence-corrected chi connectivity index (χ4v) is 3.71. The van der Waals surface area contributed by atoms with Crippen molar-refractivity contribution in [2.24, 2.45) is 5.10 Å². The monoisotopic (exact) mass is 428 g/mol. The van der Waals surface area contributed by atoms with Crippen molar-refractivity contribution in [3.05, 3.63) is 77.4 Å². The lowest BCUT2D eigenvalue weighted by Gasteiger charge is -2.24. The third-order valence-electron chi connectivity index (χ3n) is 5.43. The molecular formula is C25H24N4O3. The van der Waals surface area contributed by atoms with Crippen molar-refractivity contribution in [3.8, 4) is 0 Å². The van der Waals surface area contributed by atoms with Crippen LogP contribution in [0.4, 0.5) is 5.69 Å². The average Bonchev–Trinajstić information content (AvgIpc) is 2.80. The molecule has 1 heterocycles. The molecule has 7 nitrogen and oxygen atoms in total. The van der Waals surface area contributed by atoms with Crippen molar-refractivity contribution in [2.45, 2.75) is 33.1 Å². The molecule has 1 aliphatic rings. The number of carbonyl (C=O) groups is 3. The molecule has 0 saturated heterocycles. The van der Waals surface area contributed by atoms with Gasteiger partial charge in [-0.05, 0) is 47.4 Å². The maximum Gasteiger partial charge on any atom is 0.285 e. The average molecular weight is 428 g/mol. The van der Waals surface area contributed by atoms with Gasteiger partial charge in [-0.2, -0.15) is 5.10 Å². The Morgan fingerprint density at radius 2 is 1.75 bits per heavy atom. The van der Waals surface area contributed by atoms with Crippen LogP contribution < -0.4 is 15.9 Å². The second-order valence-corrected chi connectivity index (χ2v) is 7.86. The summed E-state index contributed by atoms with van der Waals surface area (Å²) in [5.74, 6) is -1.04. The standard InChI is InChI=1S/C25H24N4O3/c1-16-10-11-17(2)22(14-16)29-24(31)13-12-21(28-29)25(32)27-26-23(30)15-19-8-5-7-18-6-3-4-9-20(18)19/h3-11,14H,12-13,15H2,1-2H3,(H,26,30)(H,27,32). The van der Waals surface area contributed by atoms with E-state index >= 15 is 0 Å². The van der Waals surface area contributed by atoms with Crippen LogP contribution in [0.3, 0.4) is 0 Å². The zero-order valence-electron chi connectivity index (χ0n) is 18.0. The lowest BCUT2D eigenvalue weighted by Crippen LogP contribution is -2.47. The van der Waals surface area contributed by atoms with Crippen molar-refractivity contribution in [1.29, 1.82) is 0 Å². The van der Waals surface area contributed by atoms with Gasteiger partial charge in [-0.3, -0.25) is 25.2 Å². The molecule has 0 unspecified atom stereocenters. The van der Waals surface area contributed by atoms with Gasteiger partial charge < -0.3 is 0 Å². The number of hydrazone groups is 1. The Morgan fingerprint density at radius 1 is 0.969 bits per heavy atom. The van der Waals surface area contributed by atoms with Gasteiger partial charge >= 0.3 is 0 Å². The maximum atomic E-state index is 12.6. The molecule has 1 aliphatic heterocycles. The summed E-state index contributed by atoms with van der Waals surface area (Å²) < 4.78 is 0. The minimum absolute atomic E-state index is 0.126. The smallest absolute Gasteiger partial charge is 0.273 e. The molecule has 3 aromatic rings. The van der Waals surface area contributed by atoms with Gasteiger partial charge in [0.2, 0.25) is 11.8 Å². The minimum Gasteiger partial charge on any atom is -0.273 e. The highest BCUT2D eigenvalue weighted by atomic mass is 16.2. The van der Waals surface area contributed by atoms with Gasteiger partial charge in [0.1, 0.15) is 5.71 Å². The van der Waals surface area contributed by atoms with Crippen LogP contribution in [0.15, 0.2) is 65.8 Å². The molecule has 4 rings (SSSR count). The van der Waals surface area contributed by atoms with E-state index in [4.69, 9.17) is 0 Å². The van der Waals surface area contributed by atoms with Gasteiger partial charge in [-0.15, -0.1) is 0 Å². The number of fused-ring (bicyclic) bond motifs is 1. The fraction of sp³-hybridized carbons (Fsp3) is 0.200. The van der Waals surface area contributed by atoms with E-state index in [1.165, 1.54) is 5.01 Å². The van der Waals surface area contributed by atoms with Crippen molar-refractivity contribution >= 4 is 39.9 Å². The first-order valence-corrected chi connectivity index (χ1v) is 10.5. The summed E-state index contributed by atoms with van der Waals surface area (Å²) in [7, 11) is 0. The predicted molar refractivity (Wildman–Crippen MR) is 124 cm³/mol. The lowest BCUT2D eigenvalue weighted by atomic mass is 10.0. The predicted octanol–water partition coefficient (Wildman–Crippen LogP) is 3.33. The van der Waals surface area contributed by atoms with Crippen molar-refractivity contribution < 1.29 is 14.4 Å². The second kappa shape index (κ2) is 9.01. The molecule has 0 atom stereocenters. The van der Waals surface area contributed by atoms with E-state index < -0.39 is 5.91 Å². The summed E-state index contributed by atoms with van der Waals surface area (Å²) in [6, 6.07) is 19.3. The molecule has 2 N–H and O–H groups in total. The van der Waals surface area contributed by atoms with Crippen LogP contribution in [-0.2, 0) is 20.8 Å². The van der Waals surface area contributed by atoms with Gasteiger partial charge in [0.05, 0.1) is 12.1 Å². The lowest BCUT2D eigenvalue weighted by molar-refractivity contribution is -0.125. The number of carbonyl (C=O) groups excluding carboxylic acids is 3. The minimum atomic E-state index is -0.529. The normalized spacial score (nSPS) is 13.6. The van der Waals surface area contributed by atoms with E-state index in [1.807, 2.05) is 74.5 Å². The molecule has 3 aromatic carbocycles. The van der Waals surface area contributed by atoms with Gasteiger partial charge in [0.25, 0.3) is 5.91 Å². The first-order chi connectivity index (χ1) is 15.4. The Morgan fingerprint density at radius 3 is 2.59 bits per heavy atom. The van der Waals surface area contributed by atoms with Crippen LogP contribution in [0.25, 0.3) is 10.8 Å². The van der Waals surface area contributed by atoms with E-state index in [2.05, 4.69) is 16.0 Å². The summed E-state index contributed by atoms with van der Waals surface area (Å²) in [5.41, 5.74) is 8.48. The Labute approximate surface area is 186 Å². The molecule has 0 radical (unpaired) electrons. The van der Waals surface area contributed by atoms with Gasteiger partial charge in [0.15, 0.2) is 0 Å². The largest absolute Gasteiger partial charge is 0.285 e. The summed E-state index contributed by atoms with van der Waals surface area (Å²) in [4.78, 5) is 37.5. The molecule has 0 fully saturated rings. The van der Waals surface area contributed by atoms with Crippen LogP contribution in [0.1, 0.15) is 29.5 Å². The number of benzene rings is 3. The van der Waals surface area contributed by atoms with Gasteiger partial charge in [0, 0.05) is 12.8 Å². The Kier molecular flexibility index (Phi) is 5.98. The number of nitrogens with one attached hydrogen (secondary N) is 2. The molecule has 7 heteroatoms. The number of aryl methyl sites for hydroxylation is 2. The molecule has 0 spiro atoms. The highest BCUT2D eigenvalue weighted by Crippen LogP contribution is 2.25. The van der Waals surface area contributed by atoms with Crippen LogP contribution in [-0.4, -0.2) is 23.4 Å². The molecule has 32 heavy (non-hydrogen) atoms. The number of nitrogens with zero attached hydrogens (tertiary/aromatic N) is 2. The summed E-state index contributed by atoms with van der Waals surface area (Å²) in [5, 5.41) is 7.60. The highest BCUT2D eigenvalue weighted by molar-refractivity contribution is 6.40. The highest BCUT2D eigenvalue weighted by Gasteiger charge is 2.26. The molecule has 0 bridgehead atoms. The van der Waals surface area contributed by atoms with E-state index in [9.17, 15) is 14.4 Å². The van der Waals surface area contributed by atoms with E-state index in [1.54, 1.807) is 0 Å². The Bertz CT molecular complexity index is 1240. The SMILES string of the molecule is Cc1ccc(C)c(N2N=C(C(=O)NNC(=O)Cc3cccc4ccccc34)CCC2=O)c1. The maximum absolute atomic E-state index is 12.6. The molecule has 162 valence electrons. The number of anilines is 1. The van der Waals surface area contributed by atoms with Gasteiger partial charge in [-0.25, -0.2) is 5.01 Å². The zero-order chi connectivity index (χ0) is 22.7. The van der Waals surface area contributed by atoms with Crippen molar-refractivity contribution in [1.82, 2.24) is 10.9 Å². The number of hydrogen-bond donors (Lipinski definition) is 2. The number of hydrazine groups is 1. The van der Waals surface area contributed by atoms with E-state index in [-0.39, 0.29) is 36.8 Å². The van der Waals surface area contributed by atoms with Gasteiger partial charge in [-0.1, -0.05) is 54.6 Å². The summed E-state index contributed by atoms with van der Waals surface area (Å²) in [6.45, 7) is 3.82. The van der Waals surface area contributed by atoms with Crippen LogP contribution in [0, 0.1) is 13.8 Å². The Hall–Kier alpha value is -4.00. The van der Waals surface area contributed by atoms with Crippen LogP contribution >= 0.6 is 0 Å². The second-order valence-electron chi connectivity index (χ2n) is 7.86. The number of amides is 3. The third-order valence-corrected chi connectivity index (χ3v) is 5.43. The first-order valence-electron chi connectivity index (χ1n) is 10.5. The molecule has 0 aromatic heterocycles. The van der Waals surface area contributed by atoms with Crippen molar-refractivity contribution in [2.75, 3.05) is 5.01 Å². The number of rotatable bonds is 4. The zero-order valence-corrected chi connectivity index (χ0v) is 18.0. The summed E-state index contributed by atoms with van der Waals surface area (Å²) in [6.07, 6.45) is 0.510. The van der Waals surface area contributed by atoms with E-state index in [0.717, 1.165) is 27.5 Å². The van der Waals surface area contributed by atoms with E-state index in [0.29, 0.717) is 5.69 Å². The van der Waals surface area contributed by atoms with Crippen LogP contribution in [0.2, 0.25) is 0 Å².